The molecule has 2 rings (SSSR count). The van der Waals surface area contributed by atoms with E-state index in [-0.39, 0.29) is 5.41 Å². The van der Waals surface area contributed by atoms with Crippen molar-refractivity contribution in [1.29, 1.82) is 0 Å². The van der Waals surface area contributed by atoms with Crippen LogP contribution in [-0.2, 0) is 10.2 Å². The van der Waals surface area contributed by atoms with Gasteiger partial charge in [-0.2, -0.15) is 5.10 Å². The Hall–Kier alpha value is -1.03. The Morgan fingerprint density at radius 2 is 1.93 bits per heavy atom. The Morgan fingerprint density at radius 1 is 1.33 bits per heavy atom. The van der Waals surface area contributed by atoms with E-state index < -0.39 is 0 Å². The summed E-state index contributed by atoms with van der Waals surface area (Å²) in [6, 6.07) is 1.86. The number of nitrogen functional groups attached to an aromatic ring is 1. The van der Waals surface area contributed by atoms with Crippen molar-refractivity contribution in [1.82, 2.24) is 10.2 Å². The third-order valence-electron chi connectivity index (χ3n) is 2.23. The molecule has 1 saturated heterocycles. The van der Waals surface area contributed by atoms with Gasteiger partial charge in [-0.15, -0.1) is 0 Å². The third-order valence-corrected chi connectivity index (χ3v) is 2.23. The number of aromatic amines is 1. The van der Waals surface area contributed by atoms with Gasteiger partial charge in [-0.3, -0.25) is 5.10 Å². The van der Waals surface area contributed by atoms with Crippen LogP contribution in [0.3, 0.4) is 0 Å². The van der Waals surface area contributed by atoms with E-state index in [2.05, 4.69) is 31.0 Å². The minimum Gasteiger partial charge on any atom is -0.382 e. The van der Waals surface area contributed by atoms with E-state index in [0.717, 1.165) is 18.9 Å². The lowest BCUT2D eigenvalue weighted by Gasteiger charge is -2.14. The standard InChI is InChI=1S/C7H13N3.C4H8O/c1-7(2,3)5-4-6(8)10-9-5;1-2-4-5-3-1/h4H,1-3H3,(H3,8,9,10);1-4H2. The van der Waals surface area contributed by atoms with Crippen molar-refractivity contribution < 1.29 is 4.74 Å². The number of nitrogens with two attached hydrogens (primary N) is 1. The third kappa shape index (κ3) is 4.34. The van der Waals surface area contributed by atoms with E-state index in [4.69, 9.17) is 10.5 Å². The van der Waals surface area contributed by atoms with Crippen molar-refractivity contribution in [3.63, 3.8) is 0 Å². The summed E-state index contributed by atoms with van der Waals surface area (Å²) in [6.45, 7) is 8.33. The molecule has 0 atom stereocenters. The predicted octanol–water partition coefficient (Wildman–Crippen LogP) is 2.09. The van der Waals surface area contributed by atoms with Gasteiger partial charge in [0.25, 0.3) is 0 Å². The molecule has 0 spiro atoms. The fourth-order valence-electron chi connectivity index (χ4n) is 1.23. The topological polar surface area (TPSA) is 63.9 Å². The number of anilines is 1. The quantitative estimate of drug-likeness (QED) is 0.690. The first-order chi connectivity index (χ1) is 7.00. The molecular formula is C11H21N3O. The van der Waals surface area contributed by atoms with Crippen LogP contribution in [0.15, 0.2) is 6.07 Å². The lowest BCUT2D eigenvalue weighted by Crippen LogP contribution is -2.11. The van der Waals surface area contributed by atoms with Gasteiger partial charge >= 0.3 is 0 Å². The fraction of sp³-hybridized carbons (Fsp3) is 0.727. The molecular weight excluding hydrogens is 190 g/mol. The number of H-pyrrole nitrogens is 1. The van der Waals surface area contributed by atoms with E-state index in [9.17, 15) is 0 Å². The zero-order valence-corrected chi connectivity index (χ0v) is 9.84. The first kappa shape index (κ1) is 12.0. The summed E-state index contributed by atoms with van der Waals surface area (Å²) in [6.07, 6.45) is 2.56. The Balaban J connectivity index is 0.000000187. The van der Waals surface area contributed by atoms with Crippen LogP contribution in [-0.4, -0.2) is 23.4 Å². The number of rotatable bonds is 0. The summed E-state index contributed by atoms with van der Waals surface area (Å²) in [5, 5.41) is 6.71. The molecule has 15 heavy (non-hydrogen) atoms. The molecule has 0 unspecified atom stereocenters. The van der Waals surface area contributed by atoms with Crippen LogP contribution in [0.2, 0.25) is 0 Å². The van der Waals surface area contributed by atoms with Gasteiger partial charge in [0.2, 0.25) is 0 Å². The molecule has 0 saturated carbocycles. The highest BCUT2D eigenvalue weighted by Gasteiger charge is 2.15. The highest BCUT2D eigenvalue weighted by molar-refractivity contribution is 5.31. The van der Waals surface area contributed by atoms with E-state index >= 15 is 0 Å². The molecule has 0 amide bonds. The first-order valence-corrected chi connectivity index (χ1v) is 5.39. The summed E-state index contributed by atoms with van der Waals surface area (Å²) in [5.41, 5.74) is 6.62. The molecule has 1 fully saturated rings. The summed E-state index contributed by atoms with van der Waals surface area (Å²) in [5.74, 6) is 0.560. The molecule has 1 aromatic rings. The maximum absolute atomic E-state index is 5.43. The van der Waals surface area contributed by atoms with Crippen LogP contribution < -0.4 is 5.73 Å². The van der Waals surface area contributed by atoms with Crippen molar-refractivity contribution in [3.8, 4) is 0 Å². The van der Waals surface area contributed by atoms with E-state index in [1.807, 2.05) is 6.07 Å². The second-order valence-corrected chi connectivity index (χ2v) is 4.78. The predicted molar refractivity (Wildman–Crippen MR) is 61.8 cm³/mol. The van der Waals surface area contributed by atoms with E-state index in [1.54, 1.807) is 0 Å². The minimum absolute atomic E-state index is 0.116. The average molecular weight is 211 g/mol. The molecule has 0 radical (unpaired) electrons. The van der Waals surface area contributed by atoms with Gasteiger partial charge in [0, 0.05) is 30.4 Å². The second-order valence-electron chi connectivity index (χ2n) is 4.78. The minimum atomic E-state index is 0.116. The van der Waals surface area contributed by atoms with Crippen LogP contribution in [0.5, 0.6) is 0 Å². The normalized spacial score (nSPS) is 15.9. The molecule has 86 valence electrons. The van der Waals surface area contributed by atoms with Crippen LogP contribution in [0.25, 0.3) is 0 Å². The zero-order chi connectivity index (χ0) is 11.3. The molecule has 4 nitrogen and oxygen atoms in total. The number of ether oxygens (including phenoxy) is 1. The van der Waals surface area contributed by atoms with Gasteiger partial charge in [-0.1, -0.05) is 20.8 Å². The Bertz CT molecular complexity index is 277. The van der Waals surface area contributed by atoms with Crippen molar-refractivity contribution in [3.05, 3.63) is 11.8 Å². The summed E-state index contributed by atoms with van der Waals surface area (Å²) in [7, 11) is 0. The Labute approximate surface area is 91.2 Å². The van der Waals surface area contributed by atoms with Crippen LogP contribution in [0.4, 0.5) is 5.82 Å². The monoisotopic (exact) mass is 211 g/mol. The van der Waals surface area contributed by atoms with Gasteiger partial charge in [0.15, 0.2) is 0 Å². The average Bonchev–Trinajstić information content (AvgIpc) is 2.72. The lowest BCUT2D eigenvalue weighted by molar-refractivity contribution is 0.198. The second kappa shape index (κ2) is 5.16. The SMILES string of the molecule is C1CCOC1.CC(C)(C)c1cc(N)n[nH]1. The molecule has 3 N–H and O–H groups in total. The number of hydrogen-bond acceptors (Lipinski definition) is 3. The molecule has 0 aromatic carbocycles. The van der Waals surface area contributed by atoms with Crippen molar-refractivity contribution >= 4 is 5.82 Å². The Kier molecular flexibility index (Phi) is 4.15. The van der Waals surface area contributed by atoms with Crippen LogP contribution >= 0.6 is 0 Å². The summed E-state index contributed by atoms with van der Waals surface area (Å²) in [4.78, 5) is 0. The fourth-order valence-corrected chi connectivity index (χ4v) is 1.23. The molecule has 2 heterocycles. The van der Waals surface area contributed by atoms with Crippen LogP contribution in [0, 0.1) is 0 Å². The van der Waals surface area contributed by atoms with Gasteiger partial charge < -0.3 is 10.5 Å². The number of nitrogens with one attached hydrogen (secondary N) is 1. The maximum Gasteiger partial charge on any atom is 0.145 e. The van der Waals surface area contributed by atoms with Crippen molar-refractivity contribution in [2.45, 2.75) is 39.0 Å². The molecule has 1 aliphatic heterocycles. The van der Waals surface area contributed by atoms with Gasteiger partial charge in [-0.05, 0) is 12.8 Å². The largest absolute Gasteiger partial charge is 0.382 e. The van der Waals surface area contributed by atoms with Crippen molar-refractivity contribution in [2.24, 2.45) is 0 Å². The summed E-state index contributed by atoms with van der Waals surface area (Å²) < 4.78 is 4.94. The van der Waals surface area contributed by atoms with Crippen molar-refractivity contribution in [2.75, 3.05) is 18.9 Å². The smallest absolute Gasteiger partial charge is 0.145 e. The van der Waals surface area contributed by atoms with E-state index in [1.165, 1.54) is 12.8 Å². The molecule has 1 aliphatic rings. The highest BCUT2D eigenvalue weighted by Crippen LogP contribution is 2.20. The van der Waals surface area contributed by atoms with E-state index in [0.29, 0.717) is 5.82 Å². The first-order valence-electron chi connectivity index (χ1n) is 5.39. The van der Waals surface area contributed by atoms with Gasteiger partial charge in [0.05, 0.1) is 0 Å². The lowest BCUT2D eigenvalue weighted by atomic mass is 9.92. The van der Waals surface area contributed by atoms with Gasteiger partial charge in [-0.25, -0.2) is 0 Å². The zero-order valence-electron chi connectivity index (χ0n) is 9.84. The van der Waals surface area contributed by atoms with Gasteiger partial charge in [0.1, 0.15) is 5.82 Å². The molecule has 4 heteroatoms. The maximum atomic E-state index is 5.43. The summed E-state index contributed by atoms with van der Waals surface area (Å²) >= 11 is 0. The number of aromatic nitrogens is 2. The molecule has 0 aliphatic carbocycles. The highest BCUT2D eigenvalue weighted by atomic mass is 16.5. The Morgan fingerprint density at radius 3 is 2.13 bits per heavy atom. The molecule has 0 bridgehead atoms. The number of hydrogen-bond donors (Lipinski definition) is 2. The van der Waals surface area contributed by atoms with Crippen LogP contribution in [0.1, 0.15) is 39.3 Å². The number of nitrogens with zero attached hydrogens (tertiary/aromatic N) is 1. The molecule has 1 aromatic heterocycles.